The third kappa shape index (κ3) is 4.75. The van der Waals surface area contributed by atoms with Crippen LogP contribution >= 0.6 is 23.2 Å². The molecule has 4 aromatic rings. The van der Waals surface area contributed by atoms with Crippen LogP contribution in [0.15, 0.2) is 66.7 Å². The number of halogens is 3. The first-order valence-corrected chi connectivity index (χ1v) is 10.9. The fourth-order valence-electron chi connectivity index (χ4n) is 3.69. The van der Waals surface area contributed by atoms with Crippen molar-refractivity contribution in [1.82, 2.24) is 4.57 Å². The highest BCUT2D eigenvalue weighted by Gasteiger charge is 2.17. The average Bonchev–Trinajstić information content (AvgIpc) is 3.15. The van der Waals surface area contributed by atoms with E-state index in [1.54, 1.807) is 49.4 Å². The number of aryl methyl sites for hydroxylation is 2. The lowest BCUT2D eigenvalue weighted by atomic mass is 10.1. The smallest absolute Gasteiger partial charge is 0.336 e. The Morgan fingerprint density at radius 1 is 0.970 bits per heavy atom. The van der Waals surface area contributed by atoms with Gasteiger partial charge in [0.1, 0.15) is 18.2 Å². The summed E-state index contributed by atoms with van der Waals surface area (Å²) in [7, 11) is 0. The van der Waals surface area contributed by atoms with Crippen molar-refractivity contribution in [3.8, 4) is 22.7 Å². The van der Waals surface area contributed by atoms with Crippen molar-refractivity contribution in [2.24, 2.45) is 0 Å². The summed E-state index contributed by atoms with van der Waals surface area (Å²) in [4.78, 5) is 11.7. The van der Waals surface area contributed by atoms with E-state index in [0.29, 0.717) is 38.2 Å². The van der Waals surface area contributed by atoms with Gasteiger partial charge < -0.3 is 14.4 Å². The Hall–Kier alpha value is -3.28. The fraction of sp³-hybridized carbons (Fsp3) is 0.115. The molecule has 1 heterocycles. The van der Waals surface area contributed by atoms with Crippen molar-refractivity contribution in [2.75, 3.05) is 0 Å². The zero-order chi connectivity index (χ0) is 23.7. The molecule has 0 aliphatic heterocycles. The SMILES string of the molecule is Cc1ccc(-n2c(C)ccc2-c2cc(Cl)ccc2OCc2ccc(Cl)cc2F)cc1C(=O)O. The molecule has 0 saturated heterocycles. The van der Waals surface area contributed by atoms with E-state index in [4.69, 9.17) is 27.9 Å². The second-order valence-corrected chi connectivity index (χ2v) is 8.54. The standard InChI is InChI=1S/C26H20Cl2FNO3/c1-15-3-8-20(13-21(15)26(31)32)30-16(2)4-9-24(30)22-11-18(27)7-10-25(22)33-14-17-5-6-19(28)12-23(17)29/h3-13H,14H2,1-2H3,(H,31,32). The number of carboxylic acid groups (broad SMARTS) is 1. The number of hydrogen-bond acceptors (Lipinski definition) is 2. The summed E-state index contributed by atoms with van der Waals surface area (Å²) in [5, 5.41) is 10.4. The van der Waals surface area contributed by atoms with Crippen LogP contribution in [0.5, 0.6) is 5.75 Å². The number of carbonyl (C=O) groups is 1. The molecule has 7 heteroatoms. The average molecular weight is 484 g/mol. The van der Waals surface area contributed by atoms with Crippen molar-refractivity contribution in [3.63, 3.8) is 0 Å². The zero-order valence-corrected chi connectivity index (χ0v) is 19.4. The molecule has 0 unspecified atom stereocenters. The summed E-state index contributed by atoms with van der Waals surface area (Å²) in [5.41, 5.74) is 4.34. The maximum atomic E-state index is 14.2. The van der Waals surface area contributed by atoms with Gasteiger partial charge in [-0.2, -0.15) is 0 Å². The normalized spacial score (nSPS) is 10.9. The summed E-state index contributed by atoms with van der Waals surface area (Å²) < 4.78 is 22.2. The van der Waals surface area contributed by atoms with Gasteiger partial charge in [0.05, 0.1) is 11.3 Å². The Kier molecular flexibility index (Phi) is 6.45. The van der Waals surface area contributed by atoms with Crippen molar-refractivity contribution < 1.29 is 19.0 Å². The van der Waals surface area contributed by atoms with Crippen LogP contribution < -0.4 is 4.74 Å². The lowest BCUT2D eigenvalue weighted by Gasteiger charge is -2.17. The lowest BCUT2D eigenvalue weighted by Crippen LogP contribution is -2.05. The van der Waals surface area contributed by atoms with E-state index >= 15 is 0 Å². The van der Waals surface area contributed by atoms with E-state index in [-0.39, 0.29) is 12.2 Å². The molecule has 0 fully saturated rings. The molecule has 1 N–H and O–H groups in total. The van der Waals surface area contributed by atoms with E-state index in [1.165, 1.54) is 6.07 Å². The van der Waals surface area contributed by atoms with Crippen LogP contribution in [0.4, 0.5) is 4.39 Å². The number of nitrogens with zero attached hydrogens (tertiary/aromatic N) is 1. The van der Waals surface area contributed by atoms with E-state index < -0.39 is 11.8 Å². The first kappa shape index (κ1) is 22.9. The van der Waals surface area contributed by atoms with E-state index in [2.05, 4.69) is 0 Å². The maximum absolute atomic E-state index is 14.2. The summed E-state index contributed by atoms with van der Waals surface area (Å²) in [5.74, 6) is -0.922. The fourth-order valence-corrected chi connectivity index (χ4v) is 4.02. The highest BCUT2D eigenvalue weighted by Crippen LogP contribution is 2.36. The molecule has 0 saturated carbocycles. The monoisotopic (exact) mass is 483 g/mol. The Morgan fingerprint density at radius 2 is 1.70 bits per heavy atom. The second-order valence-electron chi connectivity index (χ2n) is 7.66. The Labute approximate surface area is 200 Å². The highest BCUT2D eigenvalue weighted by atomic mass is 35.5. The predicted octanol–water partition coefficient (Wildman–Crippen LogP) is 7.48. The van der Waals surface area contributed by atoms with Crippen LogP contribution in [-0.4, -0.2) is 15.6 Å². The molecule has 4 nitrogen and oxygen atoms in total. The molecule has 0 aliphatic carbocycles. The quantitative estimate of drug-likeness (QED) is 0.309. The zero-order valence-electron chi connectivity index (χ0n) is 17.9. The summed E-state index contributed by atoms with van der Waals surface area (Å²) >= 11 is 12.1. The van der Waals surface area contributed by atoms with Gasteiger partial charge in [-0.05, 0) is 74.0 Å². The van der Waals surface area contributed by atoms with E-state index in [9.17, 15) is 14.3 Å². The summed E-state index contributed by atoms with van der Waals surface area (Å²) in [6.45, 7) is 3.69. The molecule has 33 heavy (non-hydrogen) atoms. The maximum Gasteiger partial charge on any atom is 0.336 e. The Bertz CT molecular complexity index is 1360. The molecule has 0 radical (unpaired) electrons. The topological polar surface area (TPSA) is 51.5 Å². The van der Waals surface area contributed by atoms with Gasteiger partial charge in [-0.25, -0.2) is 9.18 Å². The molecular formula is C26H20Cl2FNO3. The minimum Gasteiger partial charge on any atom is -0.488 e. The first-order chi connectivity index (χ1) is 15.7. The minimum absolute atomic E-state index is 0.00498. The highest BCUT2D eigenvalue weighted by molar-refractivity contribution is 6.31. The number of ether oxygens (including phenoxy) is 1. The van der Waals surface area contributed by atoms with Gasteiger partial charge in [0.2, 0.25) is 0 Å². The van der Waals surface area contributed by atoms with Crippen LogP contribution in [0.2, 0.25) is 10.0 Å². The van der Waals surface area contributed by atoms with Gasteiger partial charge in [0.25, 0.3) is 0 Å². The number of carboxylic acids is 1. The van der Waals surface area contributed by atoms with Gasteiger partial charge in [-0.3, -0.25) is 0 Å². The number of rotatable bonds is 6. The molecular weight excluding hydrogens is 464 g/mol. The molecule has 0 atom stereocenters. The predicted molar refractivity (Wildman–Crippen MR) is 128 cm³/mol. The molecule has 3 aromatic carbocycles. The van der Waals surface area contributed by atoms with Crippen molar-refractivity contribution in [3.05, 3.63) is 105 Å². The largest absolute Gasteiger partial charge is 0.488 e. The van der Waals surface area contributed by atoms with Crippen molar-refractivity contribution in [2.45, 2.75) is 20.5 Å². The van der Waals surface area contributed by atoms with Gasteiger partial charge in [-0.15, -0.1) is 0 Å². The molecule has 0 amide bonds. The van der Waals surface area contributed by atoms with Crippen LogP contribution in [0.25, 0.3) is 16.9 Å². The molecule has 168 valence electrons. The Balaban J connectivity index is 1.77. The number of hydrogen-bond donors (Lipinski definition) is 1. The number of aromatic nitrogens is 1. The second kappa shape index (κ2) is 9.30. The van der Waals surface area contributed by atoms with E-state index in [0.717, 1.165) is 11.4 Å². The number of benzene rings is 3. The third-order valence-corrected chi connectivity index (χ3v) is 5.87. The number of aromatic carboxylic acids is 1. The van der Waals surface area contributed by atoms with Gasteiger partial charge in [0, 0.05) is 32.6 Å². The molecule has 0 bridgehead atoms. The first-order valence-electron chi connectivity index (χ1n) is 10.1. The van der Waals surface area contributed by atoms with E-state index in [1.807, 2.05) is 29.7 Å². The van der Waals surface area contributed by atoms with Gasteiger partial charge >= 0.3 is 5.97 Å². The van der Waals surface area contributed by atoms with Crippen molar-refractivity contribution in [1.29, 1.82) is 0 Å². The van der Waals surface area contributed by atoms with Crippen LogP contribution in [0.3, 0.4) is 0 Å². The molecule has 1 aromatic heterocycles. The molecule has 0 spiro atoms. The molecule has 4 rings (SSSR count). The van der Waals surface area contributed by atoms with Crippen LogP contribution in [0, 0.1) is 19.7 Å². The minimum atomic E-state index is -0.988. The lowest BCUT2D eigenvalue weighted by molar-refractivity contribution is 0.0696. The third-order valence-electron chi connectivity index (χ3n) is 5.40. The summed E-state index contributed by atoms with van der Waals surface area (Å²) in [6.07, 6.45) is 0. The van der Waals surface area contributed by atoms with Crippen molar-refractivity contribution >= 4 is 29.2 Å². The Morgan fingerprint density at radius 3 is 2.42 bits per heavy atom. The van der Waals surface area contributed by atoms with Crippen LogP contribution in [-0.2, 0) is 6.61 Å². The summed E-state index contributed by atoms with van der Waals surface area (Å²) in [6, 6.07) is 18.8. The van der Waals surface area contributed by atoms with Gasteiger partial charge in [-0.1, -0.05) is 35.3 Å². The van der Waals surface area contributed by atoms with Gasteiger partial charge in [0.15, 0.2) is 0 Å². The van der Waals surface area contributed by atoms with Crippen LogP contribution in [0.1, 0.15) is 27.2 Å². The molecule has 0 aliphatic rings.